The summed E-state index contributed by atoms with van der Waals surface area (Å²) in [6.45, 7) is 4.00. The maximum absolute atomic E-state index is 11.3. The highest BCUT2D eigenvalue weighted by Crippen LogP contribution is 2.30. The van der Waals surface area contributed by atoms with E-state index in [0.29, 0.717) is 48.1 Å². The Labute approximate surface area is 192 Å². The maximum atomic E-state index is 11.3. The molecule has 10 nitrogen and oxygen atoms in total. The van der Waals surface area contributed by atoms with Gasteiger partial charge in [0.1, 0.15) is 11.4 Å². The van der Waals surface area contributed by atoms with Gasteiger partial charge in [-0.05, 0) is 51.2 Å². The van der Waals surface area contributed by atoms with Gasteiger partial charge in [-0.15, -0.1) is 5.10 Å². The Morgan fingerprint density at radius 2 is 2.15 bits per heavy atom. The monoisotopic (exact) mass is 454 g/mol. The normalized spacial score (nSPS) is 18.4. The molecule has 1 fully saturated rings. The van der Waals surface area contributed by atoms with E-state index in [-0.39, 0.29) is 12.0 Å². The number of aryl methyl sites for hydroxylation is 3. The SMILES string of the molecule is CCCCc1nc(Cc2c(-c3ccc(O[C@H]4CCC[C@H](C(=O)O)C4)c(C)n3)nnn2C)no1. The van der Waals surface area contributed by atoms with Gasteiger partial charge in [0.15, 0.2) is 5.82 Å². The van der Waals surface area contributed by atoms with Crippen molar-refractivity contribution in [3.05, 3.63) is 35.2 Å². The van der Waals surface area contributed by atoms with Crippen molar-refractivity contribution in [3.8, 4) is 17.1 Å². The van der Waals surface area contributed by atoms with Crippen molar-refractivity contribution in [2.45, 2.75) is 71.3 Å². The number of hydrogen-bond acceptors (Lipinski definition) is 8. The van der Waals surface area contributed by atoms with Crippen LogP contribution in [-0.4, -0.2) is 47.3 Å². The minimum Gasteiger partial charge on any atom is -0.489 e. The number of pyridine rings is 1. The number of carbonyl (C=O) groups is 1. The number of aliphatic carboxylic acids is 1. The highest BCUT2D eigenvalue weighted by Gasteiger charge is 2.28. The summed E-state index contributed by atoms with van der Waals surface area (Å²) in [7, 11) is 1.83. The number of carboxylic acid groups (broad SMARTS) is 1. The molecule has 1 saturated carbocycles. The topological polar surface area (TPSA) is 129 Å². The Hall–Kier alpha value is -3.30. The van der Waals surface area contributed by atoms with Gasteiger partial charge < -0.3 is 14.4 Å². The molecule has 0 bridgehead atoms. The first-order valence-electron chi connectivity index (χ1n) is 11.5. The Morgan fingerprint density at radius 3 is 2.91 bits per heavy atom. The van der Waals surface area contributed by atoms with E-state index in [0.717, 1.165) is 43.5 Å². The predicted octanol–water partition coefficient (Wildman–Crippen LogP) is 3.52. The first kappa shape index (κ1) is 22.9. The number of rotatable bonds is 9. The highest BCUT2D eigenvalue weighted by atomic mass is 16.5. The zero-order chi connectivity index (χ0) is 23.4. The van der Waals surface area contributed by atoms with Crippen molar-refractivity contribution in [1.82, 2.24) is 30.1 Å². The molecule has 1 aliphatic carbocycles. The lowest BCUT2D eigenvalue weighted by atomic mass is 9.87. The lowest BCUT2D eigenvalue weighted by Crippen LogP contribution is -2.29. The number of unbranched alkanes of at least 4 members (excludes halogenated alkanes) is 1. The van der Waals surface area contributed by atoms with Crippen LogP contribution in [0.4, 0.5) is 0 Å². The molecule has 0 aliphatic heterocycles. The minimum absolute atomic E-state index is 0.113. The van der Waals surface area contributed by atoms with Crippen molar-refractivity contribution < 1.29 is 19.2 Å². The van der Waals surface area contributed by atoms with Crippen LogP contribution in [-0.2, 0) is 24.7 Å². The van der Waals surface area contributed by atoms with Gasteiger partial charge in [0.2, 0.25) is 5.89 Å². The summed E-state index contributed by atoms with van der Waals surface area (Å²) < 4.78 is 13.2. The minimum atomic E-state index is -0.747. The summed E-state index contributed by atoms with van der Waals surface area (Å²) in [5, 5.41) is 21.9. The summed E-state index contributed by atoms with van der Waals surface area (Å²) in [6, 6.07) is 3.73. The average molecular weight is 455 g/mol. The molecular weight excluding hydrogens is 424 g/mol. The molecule has 0 aromatic carbocycles. The quantitative estimate of drug-likeness (QED) is 0.516. The van der Waals surface area contributed by atoms with E-state index in [9.17, 15) is 9.90 Å². The molecular formula is C23H30N6O4. The van der Waals surface area contributed by atoms with Gasteiger partial charge in [-0.25, -0.2) is 4.98 Å². The maximum Gasteiger partial charge on any atom is 0.306 e. The summed E-state index contributed by atoms with van der Waals surface area (Å²) in [5.74, 6) is 0.814. The first-order chi connectivity index (χ1) is 15.9. The second-order valence-corrected chi connectivity index (χ2v) is 8.61. The molecule has 1 N–H and O–H groups in total. The molecule has 1 aliphatic rings. The molecule has 33 heavy (non-hydrogen) atoms. The molecule has 3 aromatic rings. The van der Waals surface area contributed by atoms with Crippen molar-refractivity contribution in [3.63, 3.8) is 0 Å². The van der Waals surface area contributed by atoms with Crippen LogP contribution in [0.2, 0.25) is 0 Å². The zero-order valence-corrected chi connectivity index (χ0v) is 19.3. The highest BCUT2D eigenvalue weighted by molar-refractivity contribution is 5.70. The number of ether oxygens (including phenoxy) is 1. The van der Waals surface area contributed by atoms with E-state index in [1.54, 1.807) is 4.68 Å². The van der Waals surface area contributed by atoms with Crippen molar-refractivity contribution in [1.29, 1.82) is 0 Å². The zero-order valence-electron chi connectivity index (χ0n) is 19.3. The smallest absolute Gasteiger partial charge is 0.306 e. The third-order valence-corrected chi connectivity index (χ3v) is 6.07. The van der Waals surface area contributed by atoms with Crippen molar-refractivity contribution in [2.75, 3.05) is 0 Å². The van der Waals surface area contributed by atoms with E-state index in [1.807, 2.05) is 26.1 Å². The van der Waals surface area contributed by atoms with E-state index in [1.165, 1.54) is 0 Å². The molecule has 2 atom stereocenters. The number of carboxylic acids is 1. The van der Waals surface area contributed by atoms with Gasteiger partial charge in [-0.2, -0.15) is 4.98 Å². The Bertz CT molecular complexity index is 1110. The van der Waals surface area contributed by atoms with Gasteiger partial charge in [0.05, 0.1) is 35.5 Å². The Kier molecular flexibility index (Phi) is 7.00. The second kappa shape index (κ2) is 10.1. The largest absolute Gasteiger partial charge is 0.489 e. The molecule has 0 saturated heterocycles. The van der Waals surface area contributed by atoms with Crippen LogP contribution in [0, 0.1) is 12.8 Å². The fraction of sp³-hybridized carbons (Fsp3) is 0.565. The van der Waals surface area contributed by atoms with Crippen LogP contribution < -0.4 is 4.74 Å². The summed E-state index contributed by atoms with van der Waals surface area (Å²) >= 11 is 0. The predicted molar refractivity (Wildman–Crippen MR) is 119 cm³/mol. The van der Waals surface area contributed by atoms with E-state index in [2.05, 4.69) is 27.4 Å². The average Bonchev–Trinajstić information content (AvgIpc) is 3.41. The standard InChI is InChI=1S/C23H30N6O4/c1-4-5-9-21-25-20(27-33-21)13-18-22(26-28-29(18)3)17-10-11-19(14(2)24-17)32-16-8-6-7-15(12-16)23(30)31/h10-11,15-16H,4-9,12-13H2,1-3H3,(H,30,31)/t15-,16-/m0/s1. The fourth-order valence-corrected chi connectivity index (χ4v) is 4.18. The summed E-state index contributed by atoms with van der Waals surface area (Å²) in [6.07, 6.45) is 6.11. The molecule has 176 valence electrons. The second-order valence-electron chi connectivity index (χ2n) is 8.61. The van der Waals surface area contributed by atoms with E-state index < -0.39 is 5.97 Å². The first-order valence-corrected chi connectivity index (χ1v) is 11.5. The lowest BCUT2D eigenvalue weighted by Gasteiger charge is -2.27. The summed E-state index contributed by atoms with van der Waals surface area (Å²) in [5.41, 5.74) is 2.92. The third-order valence-electron chi connectivity index (χ3n) is 6.07. The number of nitrogens with zero attached hydrogens (tertiary/aromatic N) is 6. The molecule has 0 unspecified atom stereocenters. The van der Waals surface area contributed by atoms with Gasteiger partial charge in [0, 0.05) is 13.5 Å². The van der Waals surface area contributed by atoms with Crippen molar-refractivity contribution in [2.24, 2.45) is 13.0 Å². The van der Waals surface area contributed by atoms with Crippen LogP contribution in [0.5, 0.6) is 5.75 Å². The van der Waals surface area contributed by atoms with Gasteiger partial charge in [0.25, 0.3) is 0 Å². The lowest BCUT2D eigenvalue weighted by molar-refractivity contribution is -0.143. The van der Waals surface area contributed by atoms with Crippen LogP contribution in [0.1, 0.15) is 68.6 Å². The van der Waals surface area contributed by atoms with E-state index >= 15 is 0 Å². The molecule has 0 amide bonds. The number of hydrogen-bond donors (Lipinski definition) is 1. The molecule has 0 radical (unpaired) electrons. The number of aromatic nitrogens is 6. The molecule has 4 rings (SSSR count). The van der Waals surface area contributed by atoms with Crippen LogP contribution in [0.25, 0.3) is 11.4 Å². The van der Waals surface area contributed by atoms with Gasteiger partial charge in [-0.1, -0.05) is 23.7 Å². The van der Waals surface area contributed by atoms with Crippen LogP contribution in [0.15, 0.2) is 16.7 Å². The molecule has 0 spiro atoms. The fourth-order valence-electron chi connectivity index (χ4n) is 4.18. The Morgan fingerprint density at radius 1 is 1.30 bits per heavy atom. The van der Waals surface area contributed by atoms with Gasteiger partial charge in [-0.3, -0.25) is 9.48 Å². The third kappa shape index (κ3) is 5.37. The van der Waals surface area contributed by atoms with Crippen molar-refractivity contribution >= 4 is 5.97 Å². The van der Waals surface area contributed by atoms with E-state index in [4.69, 9.17) is 14.2 Å². The molecule has 3 heterocycles. The van der Waals surface area contributed by atoms with Gasteiger partial charge >= 0.3 is 5.97 Å². The van der Waals surface area contributed by atoms with Crippen LogP contribution in [0.3, 0.4) is 0 Å². The summed E-state index contributed by atoms with van der Waals surface area (Å²) in [4.78, 5) is 20.5. The van der Waals surface area contributed by atoms with Crippen LogP contribution >= 0.6 is 0 Å². The molecule has 10 heteroatoms. The molecule has 3 aromatic heterocycles. The Balaban J connectivity index is 1.49.